The molecule has 0 aliphatic heterocycles. The fourth-order valence-electron chi connectivity index (χ4n) is 2.77. The molecular weight excluding hydrogens is 368 g/mol. The van der Waals surface area contributed by atoms with E-state index in [-0.39, 0.29) is 11.4 Å². The number of hydrogen-bond acceptors (Lipinski definition) is 7. The van der Waals surface area contributed by atoms with E-state index in [0.717, 1.165) is 15.1 Å². The summed E-state index contributed by atoms with van der Waals surface area (Å²) < 4.78 is 12.8. The summed E-state index contributed by atoms with van der Waals surface area (Å²) in [6.07, 6.45) is 0.566. The molecule has 142 valence electrons. The molecule has 0 spiro atoms. The highest BCUT2D eigenvalue weighted by atomic mass is 32.1. The van der Waals surface area contributed by atoms with Gasteiger partial charge >= 0.3 is 5.69 Å². The van der Waals surface area contributed by atoms with Gasteiger partial charge in [-0.15, -0.1) is 11.3 Å². The zero-order chi connectivity index (χ0) is 19.7. The lowest BCUT2D eigenvalue weighted by atomic mass is 10.1. The van der Waals surface area contributed by atoms with Gasteiger partial charge in [0, 0.05) is 25.9 Å². The SMILES string of the molecule is COc1ccc(Cc2nc(-c3c(N)n(C)c(=O)n(C)c3=O)cs2)cc1OC. The molecule has 9 heteroatoms. The molecule has 3 aromatic rings. The molecule has 0 amide bonds. The van der Waals surface area contributed by atoms with Gasteiger partial charge in [-0.3, -0.25) is 13.9 Å². The zero-order valence-electron chi connectivity index (χ0n) is 15.5. The Labute approximate surface area is 159 Å². The minimum absolute atomic E-state index is 0.103. The molecule has 27 heavy (non-hydrogen) atoms. The van der Waals surface area contributed by atoms with Crippen LogP contribution in [0.5, 0.6) is 11.5 Å². The molecule has 0 bridgehead atoms. The van der Waals surface area contributed by atoms with Crippen molar-refractivity contribution in [2.24, 2.45) is 14.1 Å². The number of anilines is 1. The number of aromatic nitrogens is 3. The zero-order valence-corrected chi connectivity index (χ0v) is 16.3. The molecule has 0 saturated carbocycles. The number of nitrogens with two attached hydrogens (primary N) is 1. The fraction of sp³-hybridized carbons (Fsp3) is 0.278. The number of nitrogen functional groups attached to an aromatic ring is 1. The van der Waals surface area contributed by atoms with E-state index >= 15 is 0 Å². The van der Waals surface area contributed by atoms with Gasteiger partial charge in [0.1, 0.15) is 11.4 Å². The second-order valence-corrected chi connectivity index (χ2v) is 6.90. The lowest BCUT2D eigenvalue weighted by Crippen LogP contribution is -2.39. The van der Waals surface area contributed by atoms with Crippen molar-refractivity contribution in [3.8, 4) is 22.8 Å². The van der Waals surface area contributed by atoms with Crippen molar-refractivity contribution in [2.45, 2.75) is 6.42 Å². The van der Waals surface area contributed by atoms with Gasteiger partial charge < -0.3 is 15.2 Å². The molecule has 3 rings (SSSR count). The highest BCUT2D eigenvalue weighted by Crippen LogP contribution is 2.30. The standard InChI is InChI=1S/C18H20N4O4S/c1-21-16(19)15(17(23)22(2)18(21)24)11-9-27-14(20-11)8-10-5-6-12(25-3)13(7-10)26-4/h5-7,9H,8,19H2,1-4H3. The van der Waals surface area contributed by atoms with Gasteiger partial charge in [0.25, 0.3) is 5.56 Å². The summed E-state index contributed by atoms with van der Waals surface area (Å²) in [7, 11) is 6.12. The second-order valence-electron chi connectivity index (χ2n) is 5.96. The van der Waals surface area contributed by atoms with Crippen LogP contribution in [-0.4, -0.2) is 28.3 Å². The second kappa shape index (κ2) is 7.28. The van der Waals surface area contributed by atoms with Crippen molar-refractivity contribution in [3.63, 3.8) is 0 Å². The van der Waals surface area contributed by atoms with Gasteiger partial charge in [-0.25, -0.2) is 9.78 Å². The number of methoxy groups -OCH3 is 2. The number of ether oxygens (including phenoxy) is 2. The third kappa shape index (κ3) is 3.33. The Bertz CT molecular complexity index is 1110. The monoisotopic (exact) mass is 388 g/mol. The van der Waals surface area contributed by atoms with Gasteiger partial charge in [-0.1, -0.05) is 6.07 Å². The molecule has 0 aliphatic carbocycles. The number of nitrogens with zero attached hydrogens (tertiary/aromatic N) is 3. The first-order valence-corrected chi connectivity index (χ1v) is 8.96. The Morgan fingerprint density at radius 3 is 2.48 bits per heavy atom. The van der Waals surface area contributed by atoms with Crippen LogP contribution in [0.25, 0.3) is 11.3 Å². The van der Waals surface area contributed by atoms with Crippen molar-refractivity contribution in [3.05, 3.63) is 55.0 Å². The van der Waals surface area contributed by atoms with E-state index in [1.165, 1.54) is 30.0 Å². The molecule has 0 atom stereocenters. The van der Waals surface area contributed by atoms with Crippen molar-refractivity contribution in [1.82, 2.24) is 14.1 Å². The van der Waals surface area contributed by atoms with Crippen LogP contribution in [0.15, 0.2) is 33.2 Å². The van der Waals surface area contributed by atoms with Gasteiger partial charge in [-0.05, 0) is 17.7 Å². The van der Waals surface area contributed by atoms with Crippen molar-refractivity contribution in [1.29, 1.82) is 0 Å². The molecule has 0 unspecified atom stereocenters. The molecule has 0 aliphatic rings. The third-order valence-electron chi connectivity index (χ3n) is 4.32. The van der Waals surface area contributed by atoms with Crippen LogP contribution < -0.4 is 26.5 Å². The van der Waals surface area contributed by atoms with Crippen LogP contribution in [0.4, 0.5) is 5.82 Å². The Morgan fingerprint density at radius 2 is 1.81 bits per heavy atom. The predicted octanol–water partition coefficient (Wildman–Crippen LogP) is 1.40. The largest absolute Gasteiger partial charge is 0.493 e. The maximum absolute atomic E-state index is 12.5. The van der Waals surface area contributed by atoms with Crippen molar-refractivity contribution >= 4 is 17.2 Å². The quantitative estimate of drug-likeness (QED) is 0.709. The van der Waals surface area contributed by atoms with Gasteiger partial charge in [0.15, 0.2) is 11.5 Å². The Hall–Kier alpha value is -3.07. The topological polar surface area (TPSA) is 101 Å². The molecule has 0 fully saturated rings. The average molecular weight is 388 g/mol. The Balaban J connectivity index is 1.97. The summed E-state index contributed by atoms with van der Waals surface area (Å²) in [5, 5.41) is 2.58. The Kier molecular flexibility index (Phi) is 5.04. The first kappa shape index (κ1) is 18.7. The van der Waals surface area contributed by atoms with Gasteiger partial charge in [0.2, 0.25) is 0 Å². The lowest BCUT2D eigenvalue weighted by Gasteiger charge is -2.10. The normalized spacial score (nSPS) is 10.8. The van der Waals surface area contributed by atoms with Crippen LogP contribution in [0.3, 0.4) is 0 Å². The Morgan fingerprint density at radius 1 is 1.11 bits per heavy atom. The van der Waals surface area contributed by atoms with Crippen LogP contribution in [-0.2, 0) is 20.5 Å². The molecule has 2 N–H and O–H groups in total. The molecular formula is C18H20N4O4S. The van der Waals surface area contributed by atoms with E-state index in [1.807, 2.05) is 18.2 Å². The first-order valence-electron chi connectivity index (χ1n) is 8.08. The van der Waals surface area contributed by atoms with Crippen LogP contribution in [0, 0.1) is 0 Å². The minimum atomic E-state index is -0.470. The number of rotatable bonds is 5. The summed E-state index contributed by atoms with van der Waals surface area (Å²) in [4.78, 5) is 29.0. The van der Waals surface area contributed by atoms with Crippen LogP contribution in [0.2, 0.25) is 0 Å². The summed E-state index contributed by atoms with van der Waals surface area (Å²) in [6.45, 7) is 0. The van der Waals surface area contributed by atoms with E-state index in [1.54, 1.807) is 19.6 Å². The molecule has 1 aromatic carbocycles. The number of benzene rings is 1. The van der Waals surface area contributed by atoms with Crippen molar-refractivity contribution in [2.75, 3.05) is 20.0 Å². The molecule has 2 aromatic heterocycles. The number of hydrogen-bond donors (Lipinski definition) is 1. The van der Waals surface area contributed by atoms with E-state index in [9.17, 15) is 9.59 Å². The summed E-state index contributed by atoms with van der Waals surface area (Å²) >= 11 is 1.42. The van der Waals surface area contributed by atoms with Gasteiger partial charge in [0.05, 0.1) is 24.9 Å². The van der Waals surface area contributed by atoms with Crippen LogP contribution in [0.1, 0.15) is 10.6 Å². The maximum Gasteiger partial charge on any atom is 0.332 e. The van der Waals surface area contributed by atoms with Crippen LogP contribution >= 0.6 is 11.3 Å². The van der Waals surface area contributed by atoms with E-state index in [0.29, 0.717) is 23.6 Å². The van der Waals surface area contributed by atoms with Crippen molar-refractivity contribution < 1.29 is 9.47 Å². The lowest BCUT2D eigenvalue weighted by molar-refractivity contribution is 0.354. The molecule has 2 heterocycles. The molecule has 0 radical (unpaired) electrons. The van der Waals surface area contributed by atoms with E-state index in [4.69, 9.17) is 15.2 Å². The maximum atomic E-state index is 12.5. The van der Waals surface area contributed by atoms with E-state index in [2.05, 4.69) is 4.98 Å². The highest BCUT2D eigenvalue weighted by Gasteiger charge is 2.18. The fourth-order valence-corrected chi connectivity index (χ4v) is 3.59. The predicted molar refractivity (Wildman–Crippen MR) is 105 cm³/mol. The van der Waals surface area contributed by atoms with E-state index < -0.39 is 11.2 Å². The average Bonchev–Trinajstić information content (AvgIpc) is 3.12. The highest BCUT2D eigenvalue weighted by molar-refractivity contribution is 7.10. The third-order valence-corrected chi connectivity index (χ3v) is 5.17. The molecule has 8 nitrogen and oxygen atoms in total. The van der Waals surface area contributed by atoms with Gasteiger partial charge in [-0.2, -0.15) is 0 Å². The first-order chi connectivity index (χ1) is 12.9. The minimum Gasteiger partial charge on any atom is -0.493 e. The number of thiazole rings is 1. The smallest absolute Gasteiger partial charge is 0.332 e. The summed E-state index contributed by atoms with van der Waals surface area (Å²) in [5.74, 6) is 1.40. The summed E-state index contributed by atoms with van der Waals surface area (Å²) in [5.41, 5.74) is 6.76. The molecule has 0 saturated heterocycles. The summed E-state index contributed by atoms with van der Waals surface area (Å²) in [6, 6.07) is 5.66.